The summed E-state index contributed by atoms with van der Waals surface area (Å²) in [6.45, 7) is 0.0241. The third kappa shape index (κ3) is 3.21. The molecular formula is C12H15N3O2. The van der Waals surface area contributed by atoms with E-state index in [0.717, 1.165) is 12.8 Å². The molecule has 1 aromatic rings. The fourth-order valence-electron chi connectivity index (χ4n) is 1.43. The molecule has 0 aromatic heterocycles. The van der Waals surface area contributed by atoms with Crippen molar-refractivity contribution in [2.45, 2.75) is 12.8 Å². The van der Waals surface area contributed by atoms with Gasteiger partial charge in [-0.15, -0.1) is 0 Å². The van der Waals surface area contributed by atoms with E-state index >= 15 is 0 Å². The number of benzene rings is 1. The number of nitrogens with one attached hydrogen (secondary N) is 2. The Kier molecular flexibility index (Phi) is 3.27. The maximum atomic E-state index is 11.6. The highest BCUT2D eigenvalue weighted by Gasteiger charge is 2.29. The standard InChI is InChI=1S/C12H15N3O2/c13-11(14)7-17-10-4-2-1-3-9(10)15-12(16)8-5-6-8/h1-4,8H,5-7H2,(H3,13,14)(H,15,16). The van der Waals surface area contributed by atoms with Crippen molar-refractivity contribution in [2.75, 3.05) is 11.9 Å². The number of carbonyl (C=O) groups excluding carboxylic acids is 1. The second kappa shape index (κ2) is 4.86. The SMILES string of the molecule is N=C(N)COc1ccccc1NC(=O)C1CC1. The molecule has 0 atom stereocenters. The first-order valence-electron chi connectivity index (χ1n) is 5.52. The van der Waals surface area contributed by atoms with Crippen LogP contribution in [0.1, 0.15) is 12.8 Å². The average molecular weight is 233 g/mol. The summed E-state index contributed by atoms with van der Waals surface area (Å²) in [6.07, 6.45) is 1.92. The monoisotopic (exact) mass is 233 g/mol. The molecule has 0 bridgehead atoms. The summed E-state index contributed by atoms with van der Waals surface area (Å²) < 4.78 is 5.34. The Balaban J connectivity index is 2.03. The maximum absolute atomic E-state index is 11.6. The van der Waals surface area contributed by atoms with E-state index in [-0.39, 0.29) is 24.3 Å². The molecule has 0 aliphatic heterocycles. The van der Waals surface area contributed by atoms with Crippen LogP contribution in [0, 0.1) is 11.3 Å². The van der Waals surface area contributed by atoms with E-state index < -0.39 is 0 Å². The molecule has 0 unspecified atom stereocenters. The molecule has 17 heavy (non-hydrogen) atoms. The third-order valence-electron chi connectivity index (χ3n) is 2.48. The summed E-state index contributed by atoms with van der Waals surface area (Å²) in [5, 5.41) is 9.92. The number of ether oxygens (including phenoxy) is 1. The van der Waals surface area contributed by atoms with E-state index in [9.17, 15) is 4.79 Å². The minimum absolute atomic E-state index is 0.0241. The molecule has 0 heterocycles. The van der Waals surface area contributed by atoms with Gasteiger partial charge in [0.05, 0.1) is 5.69 Å². The van der Waals surface area contributed by atoms with E-state index in [1.54, 1.807) is 12.1 Å². The zero-order chi connectivity index (χ0) is 12.3. The van der Waals surface area contributed by atoms with Crippen LogP contribution in [-0.2, 0) is 4.79 Å². The Hall–Kier alpha value is -2.04. The van der Waals surface area contributed by atoms with E-state index in [1.807, 2.05) is 12.1 Å². The van der Waals surface area contributed by atoms with Crippen LogP contribution < -0.4 is 15.8 Å². The van der Waals surface area contributed by atoms with Crippen molar-refractivity contribution in [2.24, 2.45) is 11.7 Å². The largest absolute Gasteiger partial charge is 0.484 e. The van der Waals surface area contributed by atoms with Crippen LogP contribution in [-0.4, -0.2) is 18.3 Å². The highest BCUT2D eigenvalue weighted by atomic mass is 16.5. The minimum Gasteiger partial charge on any atom is -0.484 e. The molecule has 0 spiro atoms. The number of anilines is 1. The minimum atomic E-state index is -0.0478. The predicted molar refractivity (Wildman–Crippen MR) is 65.2 cm³/mol. The number of carbonyl (C=O) groups is 1. The number of rotatable bonds is 5. The van der Waals surface area contributed by atoms with Crippen LogP contribution in [0.4, 0.5) is 5.69 Å². The lowest BCUT2D eigenvalue weighted by Gasteiger charge is -2.11. The molecule has 4 N–H and O–H groups in total. The zero-order valence-electron chi connectivity index (χ0n) is 9.40. The van der Waals surface area contributed by atoms with Crippen LogP contribution in [0.25, 0.3) is 0 Å². The summed E-state index contributed by atoms with van der Waals surface area (Å²) in [4.78, 5) is 11.6. The molecule has 1 aliphatic rings. The fourth-order valence-corrected chi connectivity index (χ4v) is 1.43. The highest BCUT2D eigenvalue weighted by molar-refractivity contribution is 5.95. The Morgan fingerprint density at radius 2 is 2.18 bits per heavy atom. The molecule has 1 aliphatic carbocycles. The first kappa shape index (κ1) is 11.4. The Morgan fingerprint density at radius 3 is 2.82 bits per heavy atom. The van der Waals surface area contributed by atoms with Gasteiger partial charge < -0.3 is 15.8 Å². The van der Waals surface area contributed by atoms with Gasteiger partial charge in [-0.2, -0.15) is 0 Å². The number of amidine groups is 1. The number of nitrogens with two attached hydrogens (primary N) is 1. The number of amides is 1. The second-order valence-corrected chi connectivity index (χ2v) is 4.07. The van der Waals surface area contributed by atoms with Gasteiger partial charge in [-0.05, 0) is 25.0 Å². The quantitative estimate of drug-likeness (QED) is 0.530. The molecule has 2 rings (SSSR count). The molecule has 1 saturated carbocycles. The first-order chi connectivity index (χ1) is 8.16. The third-order valence-corrected chi connectivity index (χ3v) is 2.48. The lowest BCUT2D eigenvalue weighted by atomic mass is 10.2. The van der Waals surface area contributed by atoms with Gasteiger partial charge in [-0.1, -0.05) is 12.1 Å². The van der Waals surface area contributed by atoms with Gasteiger partial charge >= 0.3 is 0 Å². The molecule has 1 amide bonds. The van der Waals surface area contributed by atoms with E-state index in [1.165, 1.54) is 0 Å². The van der Waals surface area contributed by atoms with Gasteiger partial charge in [0.25, 0.3) is 0 Å². The van der Waals surface area contributed by atoms with Crippen molar-refractivity contribution in [3.8, 4) is 5.75 Å². The van der Waals surface area contributed by atoms with Crippen molar-refractivity contribution in [3.05, 3.63) is 24.3 Å². The number of hydrogen-bond acceptors (Lipinski definition) is 3. The maximum Gasteiger partial charge on any atom is 0.227 e. The van der Waals surface area contributed by atoms with E-state index in [0.29, 0.717) is 11.4 Å². The van der Waals surface area contributed by atoms with Crippen LogP contribution in [0.15, 0.2) is 24.3 Å². The van der Waals surface area contributed by atoms with Gasteiger partial charge in [0.2, 0.25) is 5.91 Å². The summed E-state index contributed by atoms with van der Waals surface area (Å²) in [7, 11) is 0. The summed E-state index contributed by atoms with van der Waals surface area (Å²) in [5.41, 5.74) is 5.85. The van der Waals surface area contributed by atoms with Crippen LogP contribution in [0.5, 0.6) is 5.75 Å². The van der Waals surface area contributed by atoms with E-state index in [4.69, 9.17) is 15.9 Å². The summed E-state index contributed by atoms with van der Waals surface area (Å²) >= 11 is 0. The van der Waals surface area contributed by atoms with Crippen LogP contribution in [0.3, 0.4) is 0 Å². The van der Waals surface area contributed by atoms with Crippen LogP contribution in [0.2, 0.25) is 0 Å². The fraction of sp³-hybridized carbons (Fsp3) is 0.333. The molecule has 5 nitrogen and oxygen atoms in total. The Bertz CT molecular complexity index is 441. The summed E-state index contributed by atoms with van der Waals surface area (Å²) in [6, 6.07) is 7.15. The average Bonchev–Trinajstić information content (AvgIpc) is 3.11. The smallest absolute Gasteiger partial charge is 0.227 e. The van der Waals surface area contributed by atoms with Gasteiger partial charge in [-0.3, -0.25) is 10.2 Å². The Morgan fingerprint density at radius 1 is 1.47 bits per heavy atom. The van der Waals surface area contributed by atoms with Gasteiger partial charge in [0.15, 0.2) is 0 Å². The Labute approximate surface area is 99.5 Å². The normalized spacial score (nSPS) is 14.1. The van der Waals surface area contributed by atoms with Crippen molar-refractivity contribution in [1.29, 1.82) is 5.41 Å². The van der Waals surface area contributed by atoms with Crippen molar-refractivity contribution >= 4 is 17.4 Å². The lowest BCUT2D eigenvalue weighted by molar-refractivity contribution is -0.117. The molecule has 90 valence electrons. The van der Waals surface area contributed by atoms with Gasteiger partial charge in [0, 0.05) is 5.92 Å². The molecule has 1 fully saturated rings. The van der Waals surface area contributed by atoms with Crippen molar-refractivity contribution in [1.82, 2.24) is 0 Å². The first-order valence-corrected chi connectivity index (χ1v) is 5.52. The second-order valence-electron chi connectivity index (χ2n) is 4.07. The van der Waals surface area contributed by atoms with Crippen LogP contribution >= 0.6 is 0 Å². The molecular weight excluding hydrogens is 218 g/mol. The van der Waals surface area contributed by atoms with Crippen molar-refractivity contribution < 1.29 is 9.53 Å². The predicted octanol–water partition coefficient (Wildman–Crippen LogP) is 1.35. The molecule has 1 aromatic carbocycles. The van der Waals surface area contributed by atoms with Gasteiger partial charge in [-0.25, -0.2) is 0 Å². The summed E-state index contributed by atoms with van der Waals surface area (Å²) in [5.74, 6) is 0.671. The van der Waals surface area contributed by atoms with Crippen molar-refractivity contribution in [3.63, 3.8) is 0 Å². The zero-order valence-corrected chi connectivity index (χ0v) is 9.40. The highest BCUT2D eigenvalue weighted by Crippen LogP contribution is 2.32. The molecule has 5 heteroatoms. The lowest BCUT2D eigenvalue weighted by Crippen LogP contribution is -2.20. The number of para-hydroxylation sites is 2. The van der Waals surface area contributed by atoms with E-state index in [2.05, 4.69) is 5.32 Å². The number of hydrogen-bond donors (Lipinski definition) is 3. The molecule has 0 saturated heterocycles. The molecule has 0 radical (unpaired) electrons. The van der Waals surface area contributed by atoms with Gasteiger partial charge in [0.1, 0.15) is 18.2 Å². The topological polar surface area (TPSA) is 88.2 Å².